The standard InChI is InChI=1S/C21H23BFN3O/c1-12(27)16-4-2-3-13-7-21-22(8-17(13)16)9-20(26-21)14-5-15(10-24)18(11-25)19(23)6-14/h2-6,9,21,26H,7-8,10-11,24-25H2,1H3. The molecule has 0 spiro atoms. The lowest BCUT2D eigenvalue weighted by atomic mass is 9.39. The van der Waals surface area contributed by atoms with E-state index in [2.05, 4.69) is 17.4 Å². The van der Waals surface area contributed by atoms with Gasteiger partial charge in [0.15, 0.2) is 12.5 Å². The normalized spacial score (nSPS) is 17.9. The molecule has 4 nitrogen and oxygen atoms in total. The van der Waals surface area contributed by atoms with Crippen molar-refractivity contribution in [3.8, 4) is 0 Å². The van der Waals surface area contributed by atoms with Crippen molar-refractivity contribution in [3.63, 3.8) is 0 Å². The number of nitrogens with two attached hydrogens (primary N) is 2. The molecule has 0 fully saturated rings. The van der Waals surface area contributed by atoms with Crippen molar-refractivity contribution in [3.05, 3.63) is 75.5 Å². The lowest BCUT2D eigenvalue weighted by Gasteiger charge is -2.27. The van der Waals surface area contributed by atoms with Crippen LogP contribution in [0.3, 0.4) is 0 Å². The van der Waals surface area contributed by atoms with E-state index >= 15 is 0 Å². The molecule has 2 aromatic rings. The highest BCUT2D eigenvalue weighted by Gasteiger charge is 2.36. The summed E-state index contributed by atoms with van der Waals surface area (Å²) in [6, 6.07) is 9.41. The molecule has 6 heteroatoms. The van der Waals surface area contributed by atoms with Crippen LogP contribution in [-0.2, 0) is 25.8 Å². The maximum atomic E-state index is 14.5. The Hall–Kier alpha value is -2.44. The number of Topliss-reactive ketones (excluding diaryl/α,β-unsaturated/α-hetero) is 1. The van der Waals surface area contributed by atoms with E-state index in [1.54, 1.807) is 6.92 Å². The fourth-order valence-corrected chi connectivity index (χ4v) is 4.40. The van der Waals surface area contributed by atoms with Crippen molar-refractivity contribution in [2.24, 2.45) is 11.5 Å². The second-order valence-electron chi connectivity index (χ2n) is 7.41. The van der Waals surface area contributed by atoms with Crippen molar-refractivity contribution in [2.75, 3.05) is 0 Å². The Morgan fingerprint density at radius 1 is 1.30 bits per heavy atom. The Bertz CT molecular complexity index is 957. The summed E-state index contributed by atoms with van der Waals surface area (Å²) in [5.74, 6) is 2.22. The van der Waals surface area contributed by atoms with E-state index in [4.69, 9.17) is 11.5 Å². The number of halogens is 1. The Morgan fingerprint density at radius 3 is 2.81 bits per heavy atom. The van der Waals surface area contributed by atoms with Crippen molar-refractivity contribution >= 4 is 18.2 Å². The number of rotatable bonds is 4. The minimum atomic E-state index is -0.310. The highest BCUT2D eigenvalue weighted by Crippen LogP contribution is 2.32. The van der Waals surface area contributed by atoms with E-state index in [-0.39, 0.29) is 37.3 Å². The van der Waals surface area contributed by atoms with E-state index in [1.807, 2.05) is 18.2 Å². The predicted octanol–water partition coefficient (Wildman–Crippen LogP) is 2.17. The quantitative estimate of drug-likeness (QED) is 0.575. The molecule has 0 amide bonds. The Balaban J connectivity index is 1.67. The van der Waals surface area contributed by atoms with Gasteiger partial charge in [0.1, 0.15) is 5.82 Å². The van der Waals surface area contributed by atoms with E-state index in [9.17, 15) is 9.18 Å². The fourth-order valence-electron chi connectivity index (χ4n) is 4.40. The lowest BCUT2D eigenvalue weighted by molar-refractivity contribution is 0.101. The summed E-state index contributed by atoms with van der Waals surface area (Å²) in [5.41, 5.74) is 17.6. The van der Waals surface area contributed by atoms with Gasteiger partial charge in [-0.15, -0.1) is 0 Å². The number of carbonyl (C=O) groups is 1. The third kappa shape index (κ3) is 3.09. The van der Waals surface area contributed by atoms with Crippen molar-refractivity contribution < 1.29 is 9.18 Å². The molecule has 27 heavy (non-hydrogen) atoms. The van der Waals surface area contributed by atoms with E-state index < -0.39 is 0 Å². The van der Waals surface area contributed by atoms with E-state index in [1.165, 1.54) is 11.6 Å². The number of ketones is 1. The van der Waals surface area contributed by atoms with Gasteiger partial charge < -0.3 is 16.8 Å². The fraction of sp³-hybridized carbons (Fsp3) is 0.286. The molecule has 0 aromatic heterocycles. The molecular formula is C21H23BFN3O. The summed E-state index contributed by atoms with van der Waals surface area (Å²) in [6.45, 7) is 2.29. The van der Waals surface area contributed by atoms with Crippen LogP contribution in [0, 0.1) is 5.82 Å². The molecule has 5 N–H and O–H groups in total. The van der Waals surface area contributed by atoms with Gasteiger partial charge in [-0.3, -0.25) is 4.79 Å². The van der Waals surface area contributed by atoms with Gasteiger partial charge in [-0.05, 0) is 54.1 Å². The summed E-state index contributed by atoms with van der Waals surface area (Å²) < 4.78 is 14.5. The Morgan fingerprint density at radius 2 is 2.11 bits per heavy atom. The van der Waals surface area contributed by atoms with Crippen LogP contribution >= 0.6 is 0 Å². The molecule has 2 aliphatic rings. The second kappa shape index (κ2) is 6.95. The van der Waals surface area contributed by atoms with Crippen LogP contribution in [0.5, 0.6) is 0 Å². The number of benzene rings is 2. The summed E-state index contributed by atoms with van der Waals surface area (Å²) in [6.07, 6.45) is 1.67. The van der Waals surface area contributed by atoms with Gasteiger partial charge in [-0.25, -0.2) is 4.39 Å². The maximum Gasteiger partial charge on any atom is 0.199 e. The summed E-state index contributed by atoms with van der Waals surface area (Å²) in [7, 11) is 0. The Kier molecular flexibility index (Phi) is 4.62. The molecule has 2 heterocycles. The monoisotopic (exact) mass is 363 g/mol. The second-order valence-corrected chi connectivity index (χ2v) is 7.41. The molecule has 2 aromatic carbocycles. The van der Waals surface area contributed by atoms with Crippen LogP contribution < -0.4 is 16.8 Å². The number of hydrogen-bond acceptors (Lipinski definition) is 4. The molecule has 138 valence electrons. The van der Waals surface area contributed by atoms with Crippen LogP contribution in [0.15, 0.2) is 36.3 Å². The van der Waals surface area contributed by atoms with Gasteiger partial charge >= 0.3 is 0 Å². The first-order valence-corrected chi connectivity index (χ1v) is 9.33. The van der Waals surface area contributed by atoms with Crippen molar-refractivity contribution in [1.82, 2.24) is 5.32 Å². The number of fused-ring (bicyclic) bond motifs is 2. The van der Waals surface area contributed by atoms with Gasteiger partial charge in [-0.1, -0.05) is 24.2 Å². The van der Waals surface area contributed by atoms with E-state index in [0.717, 1.165) is 40.7 Å². The van der Waals surface area contributed by atoms with Crippen molar-refractivity contribution in [2.45, 2.75) is 38.7 Å². The van der Waals surface area contributed by atoms with Gasteiger partial charge in [-0.2, -0.15) is 0 Å². The van der Waals surface area contributed by atoms with Crippen LogP contribution in [0.4, 0.5) is 4.39 Å². The van der Waals surface area contributed by atoms with Gasteiger partial charge in [0.25, 0.3) is 0 Å². The van der Waals surface area contributed by atoms with Crippen LogP contribution in [-0.4, -0.2) is 18.4 Å². The summed E-state index contributed by atoms with van der Waals surface area (Å²) in [4.78, 5) is 12.0. The number of carbonyl (C=O) groups excluding carboxylic acids is 1. The first-order valence-electron chi connectivity index (χ1n) is 9.33. The lowest BCUT2D eigenvalue weighted by Crippen LogP contribution is -2.42. The highest BCUT2D eigenvalue weighted by atomic mass is 19.1. The van der Waals surface area contributed by atoms with Gasteiger partial charge in [0, 0.05) is 35.9 Å². The molecule has 0 saturated heterocycles. The smallest absolute Gasteiger partial charge is 0.199 e. The van der Waals surface area contributed by atoms with Gasteiger partial charge in [0.05, 0.1) is 0 Å². The molecule has 0 radical (unpaired) electrons. The zero-order valence-corrected chi connectivity index (χ0v) is 15.4. The van der Waals surface area contributed by atoms with E-state index in [0.29, 0.717) is 5.56 Å². The largest absolute Gasteiger partial charge is 0.389 e. The zero-order chi connectivity index (χ0) is 19.1. The topological polar surface area (TPSA) is 81.1 Å². The molecule has 2 aliphatic heterocycles. The minimum Gasteiger partial charge on any atom is -0.389 e. The summed E-state index contributed by atoms with van der Waals surface area (Å²) >= 11 is 0. The first-order chi connectivity index (χ1) is 13.0. The molecular weight excluding hydrogens is 340 g/mol. The Labute approximate surface area is 158 Å². The molecule has 0 saturated carbocycles. The average molecular weight is 363 g/mol. The van der Waals surface area contributed by atoms with Gasteiger partial charge in [0.2, 0.25) is 0 Å². The highest BCUT2D eigenvalue weighted by molar-refractivity contribution is 6.68. The molecule has 4 rings (SSSR count). The third-order valence-electron chi connectivity index (χ3n) is 5.79. The average Bonchev–Trinajstić information content (AvgIpc) is 3.07. The van der Waals surface area contributed by atoms with Crippen LogP contribution in [0.25, 0.3) is 5.70 Å². The predicted molar refractivity (Wildman–Crippen MR) is 107 cm³/mol. The number of hydrogen-bond donors (Lipinski definition) is 3. The molecule has 0 aliphatic carbocycles. The molecule has 1 unspecified atom stereocenters. The first kappa shape index (κ1) is 18.0. The van der Waals surface area contributed by atoms with Crippen LogP contribution in [0.1, 0.15) is 45.1 Å². The SMILES string of the molecule is CC(=O)c1cccc2c1CB1C=C(c3cc(F)c(CN)c(CN)c3)NC1C2. The third-order valence-corrected chi connectivity index (χ3v) is 5.79. The summed E-state index contributed by atoms with van der Waals surface area (Å²) in [5, 5.41) is 3.55. The number of nitrogens with one attached hydrogen (secondary N) is 1. The maximum absolute atomic E-state index is 14.5. The molecule has 1 atom stereocenters. The zero-order valence-electron chi connectivity index (χ0n) is 15.4. The molecule has 0 bridgehead atoms. The van der Waals surface area contributed by atoms with Crippen LogP contribution in [0.2, 0.25) is 0 Å². The minimum absolute atomic E-state index is 0.104. The van der Waals surface area contributed by atoms with Crippen molar-refractivity contribution in [1.29, 1.82) is 0 Å².